The molecule has 19 heavy (non-hydrogen) atoms. The second kappa shape index (κ2) is 5.43. The maximum atomic E-state index is 12.0. The Labute approximate surface area is 106 Å². The van der Waals surface area contributed by atoms with Crippen LogP contribution in [-0.2, 0) is 14.9 Å². The average molecular weight is 299 g/mol. The SMILES string of the molecule is CCOC(=O)c1ccc(OS(=O)(=O)C(F)(F)F)nc1. The summed E-state index contributed by atoms with van der Waals surface area (Å²) in [5.41, 5.74) is -5.59. The highest BCUT2D eigenvalue weighted by Gasteiger charge is 2.48. The van der Waals surface area contributed by atoms with Gasteiger partial charge in [0.05, 0.1) is 12.2 Å². The van der Waals surface area contributed by atoms with Crippen LogP contribution in [0, 0.1) is 0 Å². The molecule has 0 N–H and O–H groups in total. The van der Waals surface area contributed by atoms with Crippen LogP contribution in [0.15, 0.2) is 18.3 Å². The predicted molar refractivity (Wildman–Crippen MR) is 55.8 cm³/mol. The van der Waals surface area contributed by atoms with E-state index in [1.165, 1.54) is 0 Å². The lowest BCUT2D eigenvalue weighted by Gasteiger charge is -2.08. The molecule has 0 saturated carbocycles. The summed E-state index contributed by atoms with van der Waals surface area (Å²) in [6.07, 6.45) is 0.846. The lowest BCUT2D eigenvalue weighted by atomic mass is 10.3. The first-order chi connectivity index (χ1) is 8.67. The molecular formula is C9H8F3NO5S. The van der Waals surface area contributed by atoms with Crippen molar-refractivity contribution < 1.29 is 35.3 Å². The van der Waals surface area contributed by atoms with Crippen LogP contribution in [0.2, 0.25) is 0 Å². The smallest absolute Gasteiger partial charge is 0.462 e. The Morgan fingerprint density at radius 3 is 2.42 bits per heavy atom. The lowest BCUT2D eigenvalue weighted by molar-refractivity contribution is -0.0501. The highest BCUT2D eigenvalue weighted by atomic mass is 32.2. The number of carbonyl (C=O) groups excluding carboxylic acids is 1. The van der Waals surface area contributed by atoms with E-state index in [-0.39, 0.29) is 12.2 Å². The van der Waals surface area contributed by atoms with Crippen LogP contribution in [0.5, 0.6) is 5.88 Å². The number of pyridine rings is 1. The van der Waals surface area contributed by atoms with Gasteiger partial charge < -0.3 is 8.92 Å². The van der Waals surface area contributed by atoms with E-state index in [2.05, 4.69) is 13.9 Å². The highest BCUT2D eigenvalue weighted by molar-refractivity contribution is 7.87. The predicted octanol–water partition coefficient (Wildman–Crippen LogP) is 1.49. The van der Waals surface area contributed by atoms with E-state index >= 15 is 0 Å². The molecule has 1 rings (SSSR count). The van der Waals surface area contributed by atoms with Crippen LogP contribution in [0.1, 0.15) is 17.3 Å². The number of hydrogen-bond donors (Lipinski definition) is 0. The molecule has 0 saturated heterocycles. The lowest BCUT2D eigenvalue weighted by Crippen LogP contribution is -2.28. The molecule has 0 aliphatic rings. The summed E-state index contributed by atoms with van der Waals surface area (Å²) < 4.78 is 65.7. The number of halogens is 3. The van der Waals surface area contributed by atoms with Crippen molar-refractivity contribution in [2.45, 2.75) is 12.4 Å². The molecule has 0 amide bonds. The van der Waals surface area contributed by atoms with Gasteiger partial charge in [-0.1, -0.05) is 0 Å². The first-order valence-electron chi connectivity index (χ1n) is 4.81. The van der Waals surface area contributed by atoms with Crippen LogP contribution in [0.3, 0.4) is 0 Å². The van der Waals surface area contributed by atoms with E-state index < -0.39 is 27.5 Å². The zero-order valence-corrected chi connectivity index (χ0v) is 10.3. The molecule has 0 aliphatic carbocycles. The molecule has 0 radical (unpaired) electrons. The van der Waals surface area contributed by atoms with Gasteiger partial charge in [0.2, 0.25) is 5.88 Å². The summed E-state index contributed by atoms with van der Waals surface area (Å²) in [6.45, 7) is 1.68. The molecule has 10 heteroatoms. The quantitative estimate of drug-likeness (QED) is 0.476. The minimum atomic E-state index is -5.77. The second-order valence-electron chi connectivity index (χ2n) is 3.09. The Bertz CT molecular complexity index is 552. The van der Waals surface area contributed by atoms with Gasteiger partial charge in [-0.15, -0.1) is 0 Å². The van der Waals surface area contributed by atoms with Crippen LogP contribution in [0.25, 0.3) is 0 Å². The van der Waals surface area contributed by atoms with Crippen molar-refractivity contribution in [2.24, 2.45) is 0 Å². The van der Waals surface area contributed by atoms with Crippen molar-refractivity contribution in [1.29, 1.82) is 0 Å². The molecule has 1 heterocycles. The van der Waals surface area contributed by atoms with E-state index in [9.17, 15) is 26.4 Å². The molecule has 106 valence electrons. The topological polar surface area (TPSA) is 82.6 Å². The Kier molecular flexibility index (Phi) is 4.35. The molecule has 0 spiro atoms. The van der Waals surface area contributed by atoms with Crippen molar-refractivity contribution in [2.75, 3.05) is 6.61 Å². The highest BCUT2D eigenvalue weighted by Crippen LogP contribution is 2.25. The number of alkyl halides is 3. The normalized spacial score (nSPS) is 12.0. The number of nitrogens with zero attached hydrogens (tertiary/aromatic N) is 1. The zero-order valence-electron chi connectivity index (χ0n) is 9.47. The van der Waals surface area contributed by atoms with Crippen molar-refractivity contribution in [3.05, 3.63) is 23.9 Å². The standard InChI is InChI=1S/C9H8F3NO5S/c1-2-17-8(14)6-3-4-7(13-5-6)18-19(15,16)9(10,11)12/h3-5H,2H2,1H3. The largest absolute Gasteiger partial charge is 0.534 e. The van der Waals surface area contributed by atoms with Gasteiger partial charge in [-0.05, 0) is 13.0 Å². The molecule has 0 bridgehead atoms. The van der Waals surface area contributed by atoms with Gasteiger partial charge in [0.25, 0.3) is 0 Å². The number of ether oxygens (including phenoxy) is 1. The Morgan fingerprint density at radius 1 is 1.37 bits per heavy atom. The van der Waals surface area contributed by atoms with E-state index in [4.69, 9.17) is 0 Å². The van der Waals surface area contributed by atoms with Crippen LogP contribution in [0.4, 0.5) is 13.2 Å². The number of carbonyl (C=O) groups is 1. The second-order valence-corrected chi connectivity index (χ2v) is 4.63. The Hall–Kier alpha value is -1.84. The molecule has 6 nitrogen and oxygen atoms in total. The summed E-state index contributed by atoms with van der Waals surface area (Å²) >= 11 is 0. The maximum Gasteiger partial charge on any atom is 0.534 e. The van der Waals surface area contributed by atoms with Crippen molar-refractivity contribution >= 4 is 16.1 Å². The van der Waals surface area contributed by atoms with Crippen molar-refractivity contribution in [3.63, 3.8) is 0 Å². The third-order valence-electron chi connectivity index (χ3n) is 1.73. The minimum absolute atomic E-state index is 0.0430. The molecule has 0 aliphatic heterocycles. The summed E-state index contributed by atoms with van der Waals surface area (Å²) in [5.74, 6) is -1.54. The maximum absolute atomic E-state index is 12.0. The third-order valence-corrected chi connectivity index (χ3v) is 2.68. The van der Waals surface area contributed by atoms with E-state index in [1.54, 1.807) is 6.92 Å². The summed E-state index contributed by atoms with van der Waals surface area (Å²) in [5, 5.41) is 0. The van der Waals surface area contributed by atoms with E-state index in [1.807, 2.05) is 0 Å². The van der Waals surface area contributed by atoms with Gasteiger partial charge in [0, 0.05) is 12.3 Å². The number of esters is 1. The van der Waals surface area contributed by atoms with Gasteiger partial charge >= 0.3 is 21.6 Å². The third kappa shape index (κ3) is 3.81. The number of rotatable bonds is 4. The molecule has 1 aromatic heterocycles. The summed E-state index contributed by atoms with van der Waals surface area (Å²) in [6, 6.07) is 1.85. The monoisotopic (exact) mass is 299 g/mol. The van der Waals surface area contributed by atoms with Crippen LogP contribution < -0.4 is 4.18 Å². The molecule has 0 aromatic carbocycles. The Morgan fingerprint density at radius 2 is 2.00 bits per heavy atom. The van der Waals surface area contributed by atoms with Crippen molar-refractivity contribution in [3.8, 4) is 5.88 Å². The van der Waals surface area contributed by atoms with Gasteiger partial charge in [-0.3, -0.25) is 0 Å². The fraction of sp³-hybridized carbons (Fsp3) is 0.333. The number of aromatic nitrogens is 1. The Balaban J connectivity index is 2.87. The molecule has 0 unspecified atom stereocenters. The van der Waals surface area contributed by atoms with Crippen LogP contribution in [-0.4, -0.2) is 31.5 Å². The van der Waals surface area contributed by atoms with Gasteiger partial charge in [-0.25, -0.2) is 9.78 Å². The minimum Gasteiger partial charge on any atom is -0.462 e. The van der Waals surface area contributed by atoms with E-state index in [0.717, 1.165) is 18.3 Å². The molecule has 0 atom stereocenters. The number of hydrogen-bond acceptors (Lipinski definition) is 6. The van der Waals surface area contributed by atoms with E-state index in [0.29, 0.717) is 0 Å². The first kappa shape index (κ1) is 15.2. The zero-order chi connectivity index (χ0) is 14.7. The van der Waals surface area contributed by atoms with Crippen LogP contribution >= 0.6 is 0 Å². The summed E-state index contributed by atoms with van der Waals surface area (Å²) in [4.78, 5) is 14.5. The van der Waals surface area contributed by atoms with Gasteiger partial charge in [0.15, 0.2) is 0 Å². The van der Waals surface area contributed by atoms with Gasteiger partial charge in [0.1, 0.15) is 0 Å². The molecule has 1 aromatic rings. The average Bonchev–Trinajstić information content (AvgIpc) is 2.28. The first-order valence-corrected chi connectivity index (χ1v) is 6.22. The summed E-state index contributed by atoms with van der Waals surface area (Å²) in [7, 11) is -5.77. The molecule has 0 fully saturated rings. The van der Waals surface area contributed by atoms with Crippen molar-refractivity contribution in [1.82, 2.24) is 4.98 Å². The fourth-order valence-corrected chi connectivity index (χ4v) is 1.34. The van der Waals surface area contributed by atoms with Gasteiger partial charge in [-0.2, -0.15) is 21.6 Å². The molecular weight excluding hydrogens is 291 g/mol. The fourth-order valence-electron chi connectivity index (χ4n) is 0.924.